The van der Waals surface area contributed by atoms with Gasteiger partial charge in [-0.2, -0.15) is 0 Å². The van der Waals surface area contributed by atoms with Gasteiger partial charge in [-0.3, -0.25) is 0 Å². The molecular formula is C15H20N2S. The molecule has 18 heavy (non-hydrogen) atoms. The van der Waals surface area contributed by atoms with Crippen molar-refractivity contribution in [2.45, 2.75) is 27.2 Å². The molecule has 1 atom stereocenters. The SMILES string of the molecule is Cc1ccc(C)c(-c2nc(CC(C)CN)cs2)c1. The molecule has 2 aromatic rings. The van der Waals surface area contributed by atoms with E-state index in [4.69, 9.17) is 10.7 Å². The molecule has 0 aliphatic carbocycles. The zero-order chi connectivity index (χ0) is 13.1. The van der Waals surface area contributed by atoms with E-state index < -0.39 is 0 Å². The van der Waals surface area contributed by atoms with Crippen molar-refractivity contribution in [3.05, 3.63) is 40.4 Å². The summed E-state index contributed by atoms with van der Waals surface area (Å²) in [7, 11) is 0. The summed E-state index contributed by atoms with van der Waals surface area (Å²) in [5.41, 5.74) is 10.6. The molecule has 2 nitrogen and oxygen atoms in total. The van der Waals surface area contributed by atoms with E-state index in [-0.39, 0.29) is 0 Å². The minimum atomic E-state index is 0.499. The van der Waals surface area contributed by atoms with E-state index in [1.807, 2.05) is 0 Å². The molecular weight excluding hydrogens is 240 g/mol. The summed E-state index contributed by atoms with van der Waals surface area (Å²) in [6.07, 6.45) is 0.970. The van der Waals surface area contributed by atoms with Crippen LogP contribution in [0.3, 0.4) is 0 Å². The molecule has 96 valence electrons. The molecule has 1 unspecified atom stereocenters. The summed E-state index contributed by atoms with van der Waals surface area (Å²) in [4.78, 5) is 4.73. The third kappa shape index (κ3) is 2.98. The number of hydrogen-bond acceptors (Lipinski definition) is 3. The molecule has 0 amide bonds. The van der Waals surface area contributed by atoms with Crippen molar-refractivity contribution >= 4 is 11.3 Å². The Hall–Kier alpha value is -1.19. The topological polar surface area (TPSA) is 38.9 Å². The molecule has 2 N–H and O–H groups in total. The normalized spacial score (nSPS) is 12.7. The molecule has 1 aromatic heterocycles. The van der Waals surface area contributed by atoms with Crippen LogP contribution in [0, 0.1) is 19.8 Å². The average molecular weight is 260 g/mol. The minimum absolute atomic E-state index is 0.499. The number of thiazole rings is 1. The van der Waals surface area contributed by atoms with E-state index in [9.17, 15) is 0 Å². The van der Waals surface area contributed by atoms with Crippen molar-refractivity contribution < 1.29 is 0 Å². The molecule has 1 aromatic carbocycles. The minimum Gasteiger partial charge on any atom is -0.330 e. The quantitative estimate of drug-likeness (QED) is 0.913. The molecule has 0 bridgehead atoms. The first-order chi connectivity index (χ1) is 8.60. The van der Waals surface area contributed by atoms with Crippen molar-refractivity contribution in [2.75, 3.05) is 6.54 Å². The van der Waals surface area contributed by atoms with Gasteiger partial charge in [0.2, 0.25) is 0 Å². The van der Waals surface area contributed by atoms with Crippen LogP contribution in [0.15, 0.2) is 23.6 Å². The maximum atomic E-state index is 5.66. The van der Waals surface area contributed by atoms with Crippen LogP contribution in [0.1, 0.15) is 23.7 Å². The van der Waals surface area contributed by atoms with Gasteiger partial charge in [0.15, 0.2) is 0 Å². The van der Waals surface area contributed by atoms with Gasteiger partial charge in [0.1, 0.15) is 5.01 Å². The van der Waals surface area contributed by atoms with Gasteiger partial charge in [-0.1, -0.05) is 24.6 Å². The summed E-state index contributed by atoms with van der Waals surface area (Å²) < 4.78 is 0. The highest BCUT2D eigenvalue weighted by molar-refractivity contribution is 7.13. The Morgan fingerprint density at radius 1 is 1.33 bits per heavy atom. The van der Waals surface area contributed by atoms with Gasteiger partial charge in [0.25, 0.3) is 0 Å². The molecule has 0 aliphatic heterocycles. The van der Waals surface area contributed by atoms with E-state index in [0.717, 1.165) is 23.7 Å². The standard InChI is InChI=1S/C15H20N2S/c1-10-4-5-12(3)14(7-10)15-17-13(9-18-15)6-11(2)8-16/h4-5,7,9,11H,6,8,16H2,1-3H3. The van der Waals surface area contributed by atoms with Crippen molar-refractivity contribution in [1.82, 2.24) is 4.98 Å². The first-order valence-corrected chi connectivity index (χ1v) is 7.20. The third-order valence-corrected chi connectivity index (χ3v) is 4.06. The van der Waals surface area contributed by atoms with Gasteiger partial charge < -0.3 is 5.73 Å². The zero-order valence-electron chi connectivity index (χ0n) is 11.2. The summed E-state index contributed by atoms with van der Waals surface area (Å²) in [6.45, 7) is 7.14. The molecule has 0 saturated heterocycles. The molecule has 0 saturated carbocycles. The van der Waals surface area contributed by atoms with Crippen molar-refractivity contribution in [3.63, 3.8) is 0 Å². The fraction of sp³-hybridized carbons (Fsp3) is 0.400. The monoisotopic (exact) mass is 260 g/mol. The second-order valence-corrected chi connectivity index (χ2v) is 5.87. The van der Waals surface area contributed by atoms with E-state index in [2.05, 4.69) is 44.4 Å². The van der Waals surface area contributed by atoms with Crippen molar-refractivity contribution in [3.8, 4) is 10.6 Å². The first kappa shape index (κ1) is 13.2. The van der Waals surface area contributed by atoms with Crippen LogP contribution >= 0.6 is 11.3 Å². The van der Waals surface area contributed by atoms with Gasteiger partial charge in [-0.25, -0.2) is 4.98 Å². The maximum Gasteiger partial charge on any atom is 0.123 e. The Morgan fingerprint density at radius 2 is 2.11 bits per heavy atom. The van der Waals surface area contributed by atoms with Gasteiger partial charge in [0, 0.05) is 10.9 Å². The lowest BCUT2D eigenvalue weighted by atomic mass is 10.1. The van der Waals surface area contributed by atoms with E-state index in [0.29, 0.717) is 5.92 Å². The van der Waals surface area contributed by atoms with Crippen LogP contribution in [-0.2, 0) is 6.42 Å². The number of aromatic nitrogens is 1. The van der Waals surface area contributed by atoms with Crippen molar-refractivity contribution in [2.24, 2.45) is 11.7 Å². The zero-order valence-corrected chi connectivity index (χ0v) is 12.1. The Kier molecular flexibility index (Phi) is 4.15. The van der Waals surface area contributed by atoms with E-state index >= 15 is 0 Å². The largest absolute Gasteiger partial charge is 0.330 e. The Balaban J connectivity index is 2.26. The van der Waals surface area contributed by atoms with Gasteiger partial charge in [0.05, 0.1) is 5.69 Å². The fourth-order valence-electron chi connectivity index (χ4n) is 1.93. The summed E-state index contributed by atoms with van der Waals surface area (Å²) in [5, 5.41) is 3.28. The lowest BCUT2D eigenvalue weighted by Crippen LogP contribution is -2.13. The lowest BCUT2D eigenvalue weighted by Gasteiger charge is -2.05. The van der Waals surface area contributed by atoms with Crippen LogP contribution in [0.2, 0.25) is 0 Å². The second kappa shape index (κ2) is 5.63. The molecule has 0 spiro atoms. The van der Waals surface area contributed by atoms with Gasteiger partial charge >= 0.3 is 0 Å². The molecule has 3 heteroatoms. The van der Waals surface area contributed by atoms with Crippen LogP contribution in [0.5, 0.6) is 0 Å². The lowest BCUT2D eigenvalue weighted by molar-refractivity contribution is 0.586. The number of aryl methyl sites for hydroxylation is 2. The summed E-state index contributed by atoms with van der Waals surface area (Å²) in [5.74, 6) is 0.499. The predicted octanol–water partition coefficient (Wildman–Crippen LogP) is 3.56. The number of benzene rings is 1. The highest BCUT2D eigenvalue weighted by atomic mass is 32.1. The molecule has 1 heterocycles. The first-order valence-electron chi connectivity index (χ1n) is 6.32. The number of nitrogens with two attached hydrogens (primary N) is 1. The second-order valence-electron chi connectivity index (χ2n) is 5.01. The van der Waals surface area contributed by atoms with Crippen LogP contribution < -0.4 is 5.73 Å². The molecule has 0 fully saturated rings. The smallest absolute Gasteiger partial charge is 0.123 e. The van der Waals surface area contributed by atoms with E-state index in [1.165, 1.54) is 16.7 Å². The molecule has 0 radical (unpaired) electrons. The summed E-state index contributed by atoms with van der Waals surface area (Å²) in [6, 6.07) is 6.52. The van der Waals surface area contributed by atoms with Crippen molar-refractivity contribution in [1.29, 1.82) is 0 Å². The van der Waals surface area contributed by atoms with Crippen LogP contribution in [-0.4, -0.2) is 11.5 Å². The number of rotatable bonds is 4. The maximum absolute atomic E-state index is 5.66. The highest BCUT2D eigenvalue weighted by Gasteiger charge is 2.09. The van der Waals surface area contributed by atoms with Gasteiger partial charge in [-0.05, 0) is 44.4 Å². The van der Waals surface area contributed by atoms with Crippen LogP contribution in [0.4, 0.5) is 0 Å². The Morgan fingerprint density at radius 3 is 2.83 bits per heavy atom. The number of nitrogens with zero attached hydrogens (tertiary/aromatic N) is 1. The summed E-state index contributed by atoms with van der Waals surface area (Å²) >= 11 is 1.73. The predicted molar refractivity (Wildman–Crippen MR) is 78.9 cm³/mol. The Bertz CT molecular complexity index is 531. The molecule has 0 aliphatic rings. The van der Waals surface area contributed by atoms with Gasteiger partial charge in [-0.15, -0.1) is 11.3 Å². The average Bonchev–Trinajstić information content (AvgIpc) is 2.80. The van der Waals surface area contributed by atoms with E-state index in [1.54, 1.807) is 11.3 Å². The Labute approximate surface area is 113 Å². The fourth-order valence-corrected chi connectivity index (χ4v) is 2.84. The third-order valence-electron chi connectivity index (χ3n) is 3.14. The molecule has 2 rings (SSSR count). The number of hydrogen-bond donors (Lipinski definition) is 1. The van der Waals surface area contributed by atoms with Crippen LogP contribution in [0.25, 0.3) is 10.6 Å². The highest BCUT2D eigenvalue weighted by Crippen LogP contribution is 2.28.